The molecule has 128 heavy (non-hydrogen) atoms. The van der Waals surface area contributed by atoms with Crippen molar-refractivity contribution in [1.82, 2.24) is 59.8 Å². The van der Waals surface area contributed by atoms with Crippen LogP contribution in [-0.2, 0) is 5.41 Å². The molecular formula is C116H84N12. The number of fused-ring (bicyclic) bond motifs is 1. The molecule has 0 aliphatic carbocycles. The van der Waals surface area contributed by atoms with Gasteiger partial charge in [0.05, 0.1) is 34.2 Å². The fraction of sp³-hybridized carbons (Fsp3) is 0.0345. The monoisotopic (exact) mass is 1640 g/mol. The van der Waals surface area contributed by atoms with Crippen LogP contribution in [0.3, 0.4) is 0 Å². The maximum atomic E-state index is 5.09. The van der Waals surface area contributed by atoms with Gasteiger partial charge in [-0.15, -0.1) is 0 Å². The summed E-state index contributed by atoms with van der Waals surface area (Å²) in [7, 11) is 0. The van der Waals surface area contributed by atoms with E-state index in [2.05, 4.69) is 372 Å². The molecule has 608 valence electrons. The molecule has 0 atom stereocenters. The quantitative estimate of drug-likeness (QED) is 0.0852. The first-order chi connectivity index (χ1) is 63.0. The second kappa shape index (κ2) is 37.4. The van der Waals surface area contributed by atoms with Gasteiger partial charge in [-0.05, 0) is 184 Å². The van der Waals surface area contributed by atoms with E-state index in [1.165, 1.54) is 27.5 Å². The van der Waals surface area contributed by atoms with E-state index in [-0.39, 0.29) is 5.41 Å². The van der Waals surface area contributed by atoms with E-state index in [1.807, 2.05) is 116 Å². The van der Waals surface area contributed by atoms with Gasteiger partial charge in [-0.2, -0.15) is 0 Å². The molecule has 0 aliphatic rings. The normalized spacial score (nSPS) is 11.1. The lowest BCUT2D eigenvalue weighted by molar-refractivity contribution is 0.590. The third-order valence-corrected chi connectivity index (χ3v) is 22.8. The minimum atomic E-state index is 0.0823. The molecule has 0 fully saturated rings. The Kier molecular flexibility index (Phi) is 23.6. The Hall–Kier alpha value is -17.0. The van der Waals surface area contributed by atoms with Crippen LogP contribution in [0.2, 0.25) is 0 Å². The van der Waals surface area contributed by atoms with Crippen molar-refractivity contribution in [2.75, 3.05) is 0 Å². The largest absolute Gasteiger partial charge is 0.265 e. The van der Waals surface area contributed by atoms with Gasteiger partial charge in [0.25, 0.3) is 0 Å². The Labute approximate surface area is 744 Å². The lowest BCUT2D eigenvalue weighted by Gasteiger charge is -2.19. The first-order valence-electron chi connectivity index (χ1n) is 42.6. The van der Waals surface area contributed by atoms with Crippen molar-refractivity contribution in [3.8, 4) is 191 Å². The lowest BCUT2D eigenvalue weighted by Crippen LogP contribution is -2.10. The van der Waals surface area contributed by atoms with Crippen LogP contribution in [0.1, 0.15) is 26.3 Å². The fourth-order valence-electron chi connectivity index (χ4n) is 15.7. The summed E-state index contributed by atoms with van der Waals surface area (Å²) >= 11 is 0. The second-order valence-electron chi connectivity index (χ2n) is 32.2. The summed E-state index contributed by atoms with van der Waals surface area (Å²) < 4.78 is 0. The third kappa shape index (κ3) is 18.8. The molecule has 21 aromatic rings. The summed E-state index contributed by atoms with van der Waals surface area (Å²) in [5.74, 6) is 2.09. The number of nitrogens with zero attached hydrogens (tertiary/aromatic N) is 12. The first kappa shape index (κ1) is 80.7. The predicted molar refractivity (Wildman–Crippen MR) is 521 cm³/mol. The highest BCUT2D eigenvalue weighted by atomic mass is 14.9. The maximum Gasteiger partial charge on any atom is 0.160 e. The van der Waals surface area contributed by atoms with Crippen molar-refractivity contribution < 1.29 is 0 Å². The second-order valence-corrected chi connectivity index (χ2v) is 32.2. The number of pyridine rings is 6. The molecule has 0 amide bonds. The van der Waals surface area contributed by atoms with Crippen molar-refractivity contribution in [2.24, 2.45) is 0 Å². The number of hydrogen-bond acceptors (Lipinski definition) is 12. The van der Waals surface area contributed by atoms with Crippen LogP contribution < -0.4 is 0 Å². The number of benzene rings is 12. The highest BCUT2D eigenvalue weighted by Crippen LogP contribution is 2.39. The first-order valence-corrected chi connectivity index (χ1v) is 42.6. The minimum absolute atomic E-state index is 0.0823. The predicted octanol–water partition coefficient (Wildman–Crippen LogP) is 28.6. The highest BCUT2D eigenvalue weighted by molar-refractivity contribution is 5.97. The smallest absolute Gasteiger partial charge is 0.160 e. The van der Waals surface area contributed by atoms with Crippen molar-refractivity contribution in [3.05, 3.63) is 462 Å². The topological polar surface area (TPSA) is 155 Å². The lowest BCUT2D eigenvalue weighted by atomic mass is 9.86. The van der Waals surface area contributed by atoms with E-state index in [9.17, 15) is 0 Å². The van der Waals surface area contributed by atoms with Crippen molar-refractivity contribution >= 4 is 10.8 Å². The Morgan fingerprint density at radius 2 is 0.398 bits per heavy atom. The zero-order valence-corrected chi connectivity index (χ0v) is 70.7. The zero-order chi connectivity index (χ0) is 86.4. The van der Waals surface area contributed by atoms with E-state index >= 15 is 0 Å². The van der Waals surface area contributed by atoms with Crippen LogP contribution >= 0.6 is 0 Å². The van der Waals surface area contributed by atoms with E-state index in [1.54, 1.807) is 18.6 Å². The highest BCUT2D eigenvalue weighted by Gasteiger charge is 2.20. The maximum absolute atomic E-state index is 5.09. The van der Waals surface area contributed by atoms with Gasteiger partial charge < -0.3 is 0 Å². The Bertz CT molecular complexity index is 6860. The van der Waals surface area contributed by atoms with Crippen LogP contribution in [0.5, 0.6) is 0 Å². The van der Waals surface area contributed by atoms with E-state index < -0.39 is 0 Å². The van der Waals surface area contributed by atoms with Crippen LogP contribution in [-0.4, -0.2) is 59.8 Å². The Morgan fingerprint density at radius 1 is 0.164 bits per heavy atom. The third-order valence-electron chi connectivity index (χ3n) is 22.8. The summed E-state index contributed by atoms with van der Waals surface area (Å²) in [6.07, 6.45) is 21.9. The SMILES string of the molecule is CC(C)(C)c1ccc(-c2nc(-c3ccc(-c4ccncc4)cc3)cc(-c3ccc(-c4cccnc4)cc3)n2)cc1.c1ccc(-c2ccc(-c3nc(-c4ccc(-c5ccncc5)cc4)cc(-c4ccc(-c5cccnc5)cc4)n3)cc2)cc1.c1cncc(-c2ccc(-c3cc(-c4ccc(-c5ccncc5)cc4)nc(-c4ccc(-c5cccc6ccccc56)cc4)n3)cc2)c1. The molecule has 0 N–H and O–H groups in total. The van der Waals surface area contributed by atoms with Gasteiger partial charge in [0.15, 0.2) is 17.5 Å². The molecule has 9 aromatic heterocycles. The molecular weight excluding hydrogens is 1560 g/mol. The minimum Gasteiger partial charge on any atom is -0.265 e. The fourth-order valence-corrected chi connectivity index (χ4v) is 15.7. The molecule has 0 saturated carbocycles. The molecule has 12 aromatic carbocycles. The van der Waals surface area contributed by atoms with Gasteiger partial charge in [0.1, 0.15) is 0 Å². The number of aromatic nitrogens is 12. The average molecular weight is 1650 g/mol. The summed E-state index contributed by atoms with van der Waals surface area (Å²) in [6.45, 7) is 6.67. The van der Waals surface area contributed by atoms with Crippen LogP contribution in [0.4, 0.5) is 0 Å². The molecule has 12 nitrogen and oxygen atoms in total. The molecule has 0 bridgehead atoms. The van der Waals surface area contributed by atoms with E-state index in [4.69, 9.17) is 29.9 Å². The average Bonchev–Trinajstić information content (AvgIpc) is 0.793. The van der Waals surface area contributed by atoms with E-state index in [0.717, 1.165) is 162 Å². The molecule has 0 unspecified atom stereocenters. The number of hydrogen-bond donors (Lipinski definition) is 0. The standard InChI is InChI=1S/C42H28N4.C38H26N4.C36H30N4/c1-2-8-38-32(5-1)6-3-9-39(38)33-14-20-36(21-15-33)42-45-40(34-16-10-29(11-17-34)31-22-25-43-26-23-31)27-41(46-42)35-18-12-30(13-19-35)37-7-4-24-44-28-37;1-2-5-27(6-3-1)28-12-18-34(19-13-28)38-41-36(32-14-8-29(9-15-32)31-20-23-39-24-21-31)25-37(42-38)33-16-10-30(11-17-33)35-7-4-22-40-26-35;1-36(2,3)32-16-14-30(15-17-32)35-39-33(28-10-6-25(7-11-28)27-18-21-37-22-19-27)23-34(40-35)29-12-8-26(9-13-29)31-5-4-20-38-24-31/h1-28H;1-26H;4-24H,1-3H3. The van der Waals surface area contributed by atoms with Gasteiger partial charge in [-0.3, -0.25) is 29.9 Å². The Morgan fingerprint density at radius 3 is 0.695 bits per heavy atom. The molecule has 0 radical (unpaired) electrons. The molecule has 21 rings (SSSR count). The molecule has 0 saturated heterocycles. The van der Waals surface area contributed by atoms with Gasteiger partial charge in [-0.1, -0.05) is 330 Å². The van der Waals surface area contributed by atoms with Gasteiger partial charge in [0, 0.05) is 124 Å². The van der Waals surface area contributed by atoms with Gasteiger partial charge in [0.2, 0.25) is 0 Å². The zero-order valence-electron chi connectivity index (χ0n) is 70.7. The molecule has 12 heteroatoms. The van der Waals surface area contributed by atoms with Gasteiger partial charge in [-0.25, -0.2) is 29.9 Å². The molecule has 0 aliphatic heterocycles. The van der Waals surface area contributed by atoms with Crippen LogP contribution in [0, 0.1) is 0 Å². The Balaban J connectivity index is 0.000000125. The summed E-state index contributed by atoms with van der Waals surface area (Å²) in [5.41, 5.74) is 33.9. The van der Waals surface area contributed by atoms with Crippen LogP contribution in [0.25, 0.3) is 201 Å². The van der Waals surface area contributed by atoms with Gasteiger partial charge >= 0.3 is 0 Å². The van der Waals surface area contributed by atoms with Crippen molar-refractivity contribution in [1.29, 1.82) is 0 Å². The van der Waals surface area contributed by atoms with E-state index in [0.29, 0.717) is 17.5 Å². The van der Waals surface area contributed by atoms with Crippen molar-refractivity contribution in [2.45, 2.75) is 26.2 Å². The molecule has 0 spiro atoms. The summed E-state index contributed by atoms with van der Waals surface area (Å²) in [5, 5.41) is 2.47. The molecule has 9 heterocycles. The summed E-state index contributed by atoms with van der Waals surface area (Å²) in [4.78, 5) is 55.5. The number of rotatable bonds is 17. The van der Waals surface area contributed by atoms with Crippen LogP contribution in [0.15, 0.2) is 457 Å². The summed E-state index contributed by atoms with van der Waals surface area (Å²) in [6, 6.07) is 132. The van der Waals surface area contributed by atoms with Crippen molar-refractivity contribution in [3.63, 3.8) is 0 Å².